The highest BCUT2D eigenvalue weighted by molar-refractivity contribution is 6.30. The second-order valence-corrected chi connectivity index (χ2v) is 7.83. The number of nitrogens with zero attached hydrogens (tertiary/aromatic N) is 3. The Kier molecular flexibility index (Phi) is 5.91. The quantitative estimate of drug-likeness (QED) is 0.484. The van der Waals surface area contributed by atoms with Gasteiger partial charge in [0, 0.05) is 29.4 Å². The van der Waals surface area contributed by atoms with Gasteiger partial charge in [-0.3, -0.25) is 4.79 Å². The number of aromatic nitrogens is 3. The highest BCUT2D eigenvalue weighted by atomic mass is 35.5. The fourth-order valence-corrected chi connectivity index (χ4v) is 3.68. The van der Waals surface area contributed by atoms with Crippen molar-refractivity contribution in [1.82, 2.24) is 19.9 Å². The Hall–Kier alpha value is -3.38. The fourth-order valence-electron chi connectivity index (χ4n) is 3.55. The molecule has 2 heterocycles. The zero-order valence-electron chi connectivity index (χ0n) is 17.6. The molecule has 4 aromatic rings. The lowest BCUT2D eigenvalue weighted by molar-refractivity contribution is 0.0952. The number of amides is 1. The van der Waals surface area contributed by atoms with Gasteiger partial charge in [-0.15, -0.1) is 0 Å². The number of aryl methyl sites for hydroxylation is 2. The van der Waals surface area contributed by atoms with Crippen LogP contribution in [0.25, 0.3) is 5.65 Å². The van der Waals surface area contributed by atoms with Crippen molar-refractivity contribution in [2.45, 2.75) is 26.8 Å². The van der Waals surface area contributed by atoms with Gasteiger partial charge in [-0.2, -0.15) is 5.10 Å². The molecule has 0 radical (unpaired) electrons. The summed E-state index contributed by atoms with van der Waals surface area (Å²) in [4.78, 5) is 17.5. The number of halogens is 1. The van der Waals surface area contributed by atoms with E-state index >= 15 is 0 Å². The molecule has 0 saturated carbocycles. The summed E-state index contributed by atoms with van der Waals surface area (Å²) >= 11 is 6.00. The summed E-state index contributed by atoms with van der Waals surface area (Å²) < 4.78 is 6.90. The Balaban J connectivity index is 1.56. The van der Waals surface area contributed by atoms with Crippen molar-refractivity contribution in [2.75, 3.05) is 7.11 Å². The molecule has 2 aromatic heterocycles. The van der Waals surface area contributed by atoms with Crippen LogP contribution in [0, 0.1) is 13.8 Å². The summed E-state index contributed by atoms with van der Waals surface area (Å²) in [6, 6.07) is 15.4. The van der Waals surface area contributed by atoms with Crippen LogP contribution in [0.2, 0.25) is 5.02 Å². The van der Waals surface area contributed by atoms with Crippen LogP contribution in [0.5, 0.6) is 5.75 Å². The van der Waals surface area contributed by atoms with Crippen molar-refractivity contribution in [3.63, 3.8) is 0 Å². The minimum atomic E-state index is -0.206. The number of benzene rings is 2. The van der Waals surface area contributed by atoms with Gasteiger partial charge in [-0.25, -0.2) is 9.50 Å². The molecule has 1 amide bonds. The first-order valence-corrected chi connectivity index (χ1v) is 10.3. The number of hydrogen-bond acceptors (Lipinski definition) is 4. The Morgan fingerprint density at radius 3 is 2.42 bits per heavy atom. The fraction of sp³-hybridized carbons (Fsp3) is 0.208. The second kappa shape index (κ2) is 8.78. The number of rotatable bonds is 6. The highest BCUT2D eigenvalue weighted by Crippen LogP contribution is 2.21. The molecule has 0 saturated heterocycles. The van der Waals surface area contributed by atoms with Crippen LogP contribution in [0.1, 0.15) is 38.4 Å². The molecule has 0 fully saturated rings. The van der Waals surface area contributed by atoms with Crippen molar-refractivity contribution in [1.29, 1.82) is 0 Å². The minimum Gasteiger partial charge on any atom is -0.497 e. The maximum atomic E-state index is 12.8. The number of methoxy groups -OCH3 is 1. The molecule has 0 atom stereocenters. The van der Waals surface area contributed by atoms with E-state index in [0.29, 0.717) is 22.8 Å². The number of carbonyl (C=O) groups excluding carboxylic acids is 1. The van der Waals surface area contributed by atoms with E-state index in [1.807, 2.05) is 62.4 Å². The van der Waals surface area contributed by atoms with Crippen molar-refractivity contribution in [3.05, 3.63) is 93.4 Å². The van der Waals surface area contributed by atoms with Crippen LogP contribution in [-0.4, -0.2) is 27.6 Å². The monoisotopic (exact) mass is 434 g/mol. The summed E-state index contributed by atoms with van der Waals surface area (Å²) in [5.41, 5.74) is 6.07. The molecular weight excluding hydrogens is 412 g/mol. The average molecular weight is 435 g/mol. The number of fused-ring (bicyclic) bond motifs is 1. The predicted octanol–water partition coefficient (Wildman–Crippen LogP) is 4.53. The summed E-state index contributed by atoms with van der Waals surface area (Å²) in [6.45, 7) is 4.37. The maximum Gasteiger partial charge on any atom is 0.257 e. The van der Waals surface area contributed by atoms with E-state index in [-0.39, 0.29) is 5.91 Å². The van der Waals surface area contributed by atoms with E-state index in [9.17, 15) is 4.79 Å². The second-order valence-electron chi connectivity index (χ2n) is 7.39. The first-order chi connectivity index (χ1) is 15.0. The van der Waals surface area contributed by atoms with Gasteiger partial charge in [0.05, 0.1) is 13.3 Å². The number of carbonyl (C=O) groups is 1. The molecule has 0 spiro atoms. The van der Waals surface area contributed by atoms with E-state index in [4.69, 9.17) is 21.3 Å². The molecule has 2 aromatic carbocycles. The minimum absolute atomic E-state index is 0.206. The van der Waals surface area contributed by atoms with Gasteiger partial charge < -0.3 is 10.1 Å². The maximum absolute atomic E-state index is 12.8. The zero-order valence-corrected chi connectivity index (χ0v) is 18.4. The molecule has 6 nitrogen and oxygen atoms in total. The Morgan fingerprint density at radius 1 is 1.06 bits per heavy atom. The van der Waals surface area contributed by atoms with E-state index in [1.54, 1.807) is 17.8 Å². The van der Waals surface area contributed by atoms with Crippen molar-refractivity contribution in [3.8, 4) is 5.75 Å². The smallest absolute Gasteiger partial charge is 0.257 e. The number of hydrogen-bond donors (Lipinski definition) is 1. The van der Waals surface area contributed by atoms with Gasteiger partial charge >= 0.3 is 0 Å². The van der Waals surface area contributed by atoms with E-state index < -0.39 is 0 Å². The number of nitrogens with one attached hydrogen (secondary N) is 1. The summed E-state index contributed by atoms with van der Waals surface area (Å²) in [5.74, 6) is 0.574. The molecule has 7 heteroatoms. The van der Waals surface area contributed by atoms with E-state index in [0.717, 1.165) is 40.2 Å². The van der Waals surface area contributed by atoms with Crippen LogP contribution in [0.3, 0.4) is 0 Å². The third kappa shape index (κ3) is 4.39. The van der Waals surface area contributed by atoms with Crippen LogP contribution < -0.4 is 10.1 Å². The van der Waals surface area contributed by atoms with E-state index in [1.165, 1.54) is 0 Å². The first kappa shape index (κ1) is 20.9. The lowest BCUT2D eigenvalue weighted by Crippen LogP contribution is -2.23. The van der Waals surface area contributed by atoms with Crippen LogP contribution in [-0.2, 0) is 13.0 Å². The molecule has 1 N–H and O–H groups in total. The summed E-state index contributed by atoms with van der Waals surface area (Å²) in [7, 11) is 1.62. The van der Waals surface area contributed by atoms with Gasteiger partial charge in [0.1, 0.15) is 11.3 Å². The molecular formula is C24H23ClN4O2. The molecule has 31 heavy (non-hydrogen) atoms. The third-order valence-corrected chi connectivity index (χ3v) is 5.61. The van der Waals surface area contributed by atoms with Gasteiger partial charge in [-0.05, 0) is 54.8 Å². The highest BCUT2D eigenvalue weighted by Gasteiger charge is 2.18. The largest absolute Gasteiger partial charge is 0.497 e. The molecule has 0 aliphatic carbocycles. The molecule has 4 rings (SSSR count). The lowest BCUT2D eigenvalue weighted by atomic mass is 10.0. The Labute approximate surface area is 185 Å². The van der Waals surface area contributed by atoms with Crippen LogP contribution in [0.15, 0.2) is 54.7 Å². The molecule has 158 valence electrons. The van der Waals surface area contributed by atoms with Crippen LogP contribution >= 0.6 is 11.6 Å². The first-order valence-electron chi connectivity index (χ1n) is 9.95. The zero-order chi connectivity index (χ0) is 22.0. The summed E-state index contributed by atoms with van der Waals surface area (Å²) in [5, 5.41) is 8.09. The topological polar surface area (TPSA) is 68.5 Å². The van der Waals surface area contributed by atoms with Gasteiger partial charge in [0.2, 0.25) is 0 Å². The van der Waals surface area contributed by atoms with Crippen molar-refractivity contribution in [2.24, 2.45) is 0 Å². The van der Waals surface area contributed by atoms with Crippen molar-refractivity contribution >= 4 is 23.2 Å². The summed E-state index contributed by atoms with van der Waals surface area (Å²) in [6.07, 6.45) is 2.29. The SMILES string of the molecule is COc1ccc(CNC(=O)c2cnn3c(C)c(Cc4ccc(Cl)cc4)c(C)nc23)cc1. The van der Waals surface area contributed by atoms with Crippen molar-refractivity contribution < 1.29 is 9.53 Å². The third-order valence-electron chi connectivity index (χ3n) is 5.36. The van der Waals surface area contributed by atoms with Gasteiger partial charge in [-0.1, -0.05) is 35.9 Å². The molecule has 0 aliphatic heterocycles. The average Bonchev–Trinajstić information content (AvgIpc) is 3.20. The molecule has 0 unspecified atom stereocenters. The Bertz CT molecular complexity index is 1230. The standard InChI is InChI=1S/C24H23ClN4O2/c1-15-21(12-17-4-8-19(25)9-5-17)16(2)29-23(28-15)22(14-27-29)24(30)26-13-18-6-10-20(31-3)11-7-18/h4-11,14H,12-13H2,1-3H3,(H,26,30). The van der Waals surface area contributed by atoms with E-state index in [2.05, 4.69) is 10.4 Å². The normalized spacial score (nSPS) is 11.0. The predicted molar refractivity (Wildman–Crippen MR) is 121 cm³/mol. The van der Waals surface area contributed by atoms with Gasteiger partial charge in [0.25, 0.3) is 5.91 Å². The molecule has 0 bridgehead atoms. The lowest BCUT2D eigenvalue weighted by Gasteiger charge is -2.12. The molecule has 0 aliphatic rings. The number of ether oxygens (including phenoxy) is 1. The Morgan fingerprint density at radius 2 is 1.74 bits per heavy atom. The van der Waals surface area contributed by atoms with Crippen LogP contribution in [0.4, 0.5) is 0 Å². The van der Waals surface area contributed by atoms with Gasteiger partial charge in [0.15, 0.2) is 5.65 Å².